The fraction of sp³-hybridized carbons (Fsp3) is 0.273. The first-order chi connectivity index (χ1) is 20.0. The van der Waals surface area contributed by atoms with Crippen LogP contribution in [0.2, 0.25) is 0 Å². The summed E-state index contributed by atoms with van der Waals surface area (Å²) >= 11 is 0. The molecule has 1 saturated carbocycles. The second-order valence-corrected chi connectivity index (χ2v) is 9.97. The van der Waals surface area contributed by atoms with Crippen LogP contribution in [0.25, 0.3) is 12.2 Å². The molecule has 0 spiro atoms. The molecule has 1 heterocycles. The minimum Gasteiger partial charge on any atom is -0.494 e. The molecule has 0 aromatic heterocycles. The van der Waals surface area contributed by atoms with E-state index in [9.17, 15) is 14.9 Å². The van der Waals surface area contributed by atoms with Crippen molar-refractivity contribution in [3.63, 3.8) is 0 Å². The van der Waals surface area contributed by atoms with Crippen molar-refractivity contribution >= 4 is 29.5 Å². The van der Waals surface area contributed by atoms with Gasteiger partial charge >= 0.3 is 0 Å². The number of carbonyl (C=O) groups excluding carboxylic acids is 1. The van der Waals surface area contributed by atoms with Crippen molar-refractivity contribution in [1.29, 1.82) is 0 Å². The smallest absolute Gasteiger partial charge is 0.270 e. The van der Waals surface area contributed by atoms with Crippen LogP contribution in [0.4, 0.5) is 5.69 Å². The van der Waals surface area contributed by atoms with E-state index >= 15 is 0 Å². The van der Waals surface area contributed by atoms with Gasteiger partial charge in [-0.3, -0.25) is 14.9 Å². The van der Waals surface area contributed by atoms with E-state index in [0.29, 0.717) is 18.8 Å². The molecule has 1 fully saturated rings. The highest BCUT2D eigenvalue weighted by molar-refractivity contribution is 6.08. The average molecular weight is 552 g/mol. The molecule has 8 heteroatoms. The monoisotopic (exact) mass is 551 g/mol. The molecule has 0 unspecified atom stereocenters. The molecule has 1 aliphatic carbocycles. The Morgan fingerprint density at radius 3 is 2.34 bits per heavy atom. The van der Waals surface area contributed by atoms with Gasteiger partial charge in [-0.1, -0.05) is 36.4 Å². The van der Waals surface area contributed by atoms with E-state index < -0.39 is 4.92 Å². The topological polar surface area (TPSA) is 94.3 Å². The zero-order valence-electron chi connectivity index (χ0n) is 23.2. The summed E-state index contributed by atoms with van der Waals surface area (Å²) in [5.41, 5.74) is 4.64. The highest BCUT2D eigenvalue weighted by atomic mass is 16.6. The van der Waals surface area contributed by atoms with Crippen molar-refractivity contribution in [2.45, 2.75) is 39.2 Å². The number of non-ortho nitro benzene ring substituents is 1. The van der Waals surface area contributed by atoms with E-state index in [-0.39, 0.29) is 23.6 Å². The summed E-state index contributed by atoms with van der Waals surface area (Å²) < 4.78 is 11.2. The van der Waals surface area contributed by atoms with E-state index in [0.717, 1.165) is 53.2 Å². The van der Waals surface area contributed by atoms with E-state index in [1.807, 2.05) is 62.4 Å². The number of benzene rings is 3. The summed E-state index contributed by atoms with van der Waals surface area (Å²) in [6.45, 7) is 5.10. The van der Waals surface area contributed by atoms with Gasteiger partial charge in [0.15, 0.2) is 0 Å². The molecule has 1 amide bonds. The third-order valence-electron chi connectivity index (χ3n) is 7.29. The lowest BCUT2D eigenvalue weighted by Gasteiger charge is -2.29. The molecule has 2 atom stereocenters. The molecule has 0 bridgehead atoms. The van der Waals surface area contributed by atoms with Gasteiger partial charge in [0.1, 0.15) is 11.5 Å². The lowest BCUT2D eigenvalue weighted by atomic mass is 9.77. The van der Waals surface area contributed by atoms with Gasteiger partial charge in [0.05, 0.1) is 29.9 Å². The Bertz CT molecular complexity index is 1490. The molecule has 1 aliphatic heterocycles. The molecule has 210 valence electrons. The minimum atomic E-state index is -0.448. The molecular formula is C33H33N3O5. The number of nitrogens with zero attached hydrogens (tertiary/aromatic N) is 3. The Hall–Kier alpha value is -4.72. The van der Waals surface area contributed by atoms with Gasteiger partial charge in [-0.15, -0.1) is 0 Å². The maximum Gasteiger partial charge on any atom is 0.270 e. The second kappa shape index (κ2) is 12.6. The summed E-state index contributed by atoms with van der Waals surface area (Å²) in [7, 11) is 0. The number of hydrogen-bond acceptors (Lipinski definition) is 6. The van der Waals surface area contributed by atoms with E-state index in [4.69, 9.17) is 14.6 Å². The number of carbonyl (C=O) groups is 1. The van der Waals surface area contributed by atoms with Gasteiger partial charge in [0.25, 0.3) is 11.6 Å². The normalized spacial score (nSPS) is 19.2. The van der Waals surface area contributed by atoms with Crippen molar-refractivity contribution < 1.29 is 19.2 Å². The molecule has 8 nitrogen and oxygen atoms in total. The Labute approximate surface area is 239 Å². The Balaban J connectivity index is 1.48. The molecule has 0 saturated heterocycles. The first-order valence-electron chi connectivity index (χ1n) is 14.0. The lowest BCUT2D eigenvalue weighted by molar-refractivity contribution is -0.384. The number of rotatable bonds is 9. The molecular weight excluding hydrogens is 518 g/mol. The molecule has 5 rings (SSSR count). The largest absolute Gasteiger partial charge is 0.494 e. The van der Waals surface area contributed by atoms with Crippen molar-refractivity contribution in [3.05, 3.63) is 111 Å². The zero-order valence-corrected chi connectivity index (χ0v) is 23.2. The third-order valence-corrected chi connectivity index (χ3v) is 7.29. The zero-order chi connectivity index (χ0) is 28.8. The Morgan fingerprint density at radius 2 is 1.68 bits per heavy atom. The molecule has 0 N–H and O–H groups in total. The Morgan fingerprint density at radius 1 is 1.00 bits per heavy atom. The molecule has 0 radical (unpaired) electrons. The first-order valence-corrected chi connectivity index (χ1v) is 14.0. The van der Waals surface area contributed by atoms with Crippen LogP contribution in [0.5, 0.6) is 11.5 Å². The van der Waals surface area contributed by atoms with Gasteiger partial charge in [-0.2, -0.15) is 5.10 Å². The van der Waals surface area contributed by atoms with Crippen LogP contribution in [0, 0.1) is 16.0 Å². The number of fused-ring (bicyclic) bond motifs is 1. The summed E-state index contributed by atoms with van der Waals surface area (Å²) in [5, 5.41) is 17.7. The molecule has 3 aromatic rings. The van der Waals surface area contributed by atoms with Gasteiger partial charge in [-0.05, 0) is 91.8 Å². The van der Waals surface area contributed by atoms with Crippen molar-refractivity contribution in [2.75, 3.05) is 13.2 Å². The molecule has 3 aromatic carbocycles. The van der Waals surface area contributed by atoms with Crippen LogP contribution in [0.1, 0.15) is 55.8 Å². The maximum atomic E-state index is 13.6. The molecule has 41 heavy (non-hydrogen) atoms. The number of amides is 1. The van der Waals surface area contributed by atoms with Crippen molar-refractivity contribution in [3.8, 4) is 11.5 Å². The van der Waals surface area contributed by atoms with Gasteiger partial charge in [-0.25, -0.2) is 5.01 Å². The predicted octanol–water partition coefficient (Wildman–Crippen LogP) is 7.23. The van der Waals surface area contributed by atoms with Crippen LogP contribution in [-0.4, -0.2) is 34.8 Å². The standard InChI is InChI=1S/C33H33N3O5/c1-3-40-28-16-11-24(12-17-28)21-26-8-6-10-30-32(26)34-35(33(30)25-14-18-29(19-15-25)41-4-2)31(37)20-13-23-7-5-9-27(22-23)36(38)39/h5,7,9,11-22,30,33H,3-4,6,8,10H2,1-2H3/b20-13+,26-21+/t30-,33+/m0/s1. The number of ether oxygens (including phenoxy) is 2. The number of hydrazone groups is 1. The fourth-order valence-corrected chi connectivity index (χ4v) is 5.46. The van der Waals surface area contributed by atoms with Crippen LogP contribution in [0.3, 0.4) is 0 Å². The quantitative estimate of drug-likeness (QED) is 0.159. The summed E-state index contributed by atoms with van der Waals surface area (Å²) in [6.07, 6.45) is 7.98. The van der Waals surface area contributed by atoms with Crippen LogP contribution >= 0.6 is 0 Å². The van der Waals surface area contributed by atoms with E-state index in [1.54, 1.807) is 23.2 Å². The second-order valence-electron chi connectivity index (χ2n) is 9.97. The fourth-order valence-electron chi connectivity index (χ4n) is 5.46. The number of nitro benzene ring substituents is 1. The highest BCUT2D eigenvalue weighted by Crippen LogP contribution is 2.44. The van der Waals surface area contributed by atoms with Crippen molar-refractivity contribution in [2.24, 2.45) is 11.0 Å². The van der Waals surface area contributed by atoms with E-state index in [1.165, 1.54) is 18.2 Å². The highest BCUT2D eigenvalue weighted by Gasteiger charge is 2.43. The van der Waals surface area contributed by atoms with Crippen LogP contribution in [0.15, 0.2) is 89.5 Å². The number of hydrogen-bond donors (Lipinski definition) is 0. The van der Waals surface area contributed by atoms with Crippen LogP contribution < -0.4 is 9.47 Å². The third kappa shape index (κ3) is 6.38. The van der Waals surface area contributed by atoms with Crippen molar-refractivity contribution in [1.82, 2.24) is 5.01 Å². The maximum absolute atomic E-state index is 13.6. The predicted molar refractivity (Wildman–Crippen MR) is 160 cm³/mol. The minimum absolute atomic E-state index is 0.0247. The van der Waals surface area contributed by atoms with E-state index in [2.05, 4.69) is 6.08 Å². The van der Waals surface area contributed by atoms with Gasteiger partial charge < -0.3 is 9.47 Å². The summed E-state index contributed by atoms with van der Waals surface area (Å²) in [6, 6.07) is 21.8. The Kier molecular flexibility index (Phi) is 8.58. The number of nitro groups is 1. The van der Waals surface area contributed by atoms with Crippen LogP contribution in [-0.2, 0) is 4.79 Å². The summed E-state index contributed by atoms with van der Waals surface area (Å²) in [5.74, 6) is 1.37. The average Bonchev–Trinajstić information content (AvgIpc) is 3.39. The SMILES string of the molecule is CCOc1ccc(/C=C2\CCC[C@H]3C2=NN(C(=O)/C=C/c2cccc([N+](=O)[O-])c2)[C@@H]3c2ccc(OCC)cc2)cc1. The summed E-state index contributed by atoms with van der Waals surface area (Å²) in [4.78, 5) is 24.4. The first kappa shape index (κ1) is 27.8. The molecule has 2 aliphatic rings. The number of allylic oxidation sites excluding steroid dienone is 1. The lowest BCUT2D eigenvalue weighted by Crippen LogP contribution is -2.30. The van der Waals surface area contributed by atoms with Gasteiger partial charge in [0, 0.05) is 24.1 Å². The van der Waals surface area contributed by atoms with Gasteiger partial charge in [0.2, 0.25) is 0 Å².